The van der Waals surface area contributed by atoms with Crippen LogP contribution >= 0.6 is 0 Å². The van der Waals surface area contributed by atoms with Gasteiger partial charge >= 0.3 is 0 Å². The van der Waals surface area contributed by atoms with Crippen molar-refractivity contribution in [1.29, 1.82) is 0 Å². The van der Waals surface area contributed by atoms with E-state index < -0.39 is 13.7 Å². The van der Waals surface area contributed by atoms with Gasteiger partial charge in [0.2, 0.25) is 5.91 Å². The zero-order valence-electron chi connectivity index (χ0n) is 26.4. The molecule has 4 atom stereocenters. The standard InChI is InChI=1S/C36H41N3O5Si/c1-6-21-38-31-18-12-26(39-33(41)19-17-30(37-39)25-10-8-7-9-11-25)23-29(31)36(35(38)42)24(2)34(32(44-36)20-22-40)45(4,5)28-15-13-27(43-3)14-16-28/h6-16,18,23-24,32,34,40H,1,17,19-22H2,2-5H3/t24-,32+,34-,36+/m0/s1. The Morgan fingerprint density at radius 3 is 2.49 bits per heavy atom. The molecule has 1 spiro atoms. The molecule has 3 aliphatic rings. The van der Waals surface area contributed by atoms with E-state index in [1.54, 1.807) is 18.1 Å². The van der Waals surface area contributed by atoms with Gasteiger partial charge in [0, 0.05) is 37.5 Å². The molecule has 2 amide bonds. The third-order valence-electron chi connectivity index (χ3n) is 9.93. The second-order valence-corrected chi connectivity index (χ2v) is 17.4. The van der Waals surface area contributed by atoms with Crippen LogP contribution in [0.25, 0.3) is 0 Å². The number of hydrazone groups is 1. The average molecular weight is 624 g/mol. The average Bonchev–Trinajstić information content (AvgIpc) is 3.48. The van der Waals surface area contributed by atoms with Gasteiger partial charge in [0.05, 0.1) is 38.4 Å². The highest BCUT2D eigenvalue weighted by Gasteiger charge is 2.66. The number of fused-ring (bicyclic) bond motifs is 2. The van der Waals surface area contributed by atoms with E-state index in [0.29, 0.717) is 31.5 Å². The Morgan fingerprint density at radius 1 is 1.09 bits per heavy atom. The number of hydrogen-bond donors (Lipinski definition) is 1. The number of hydrogen-bond acceptors (Lipinski definition) is 6. The van der Waals surface area contributed by atoms with E-state index in [1.807, 2.05) is 60.7 Å². The number of aliphatic hydroxyl groups is 1. The Morgan fingerprint density at radius 2 is 1.82 bits per heavy atom. The highest BCUT2D eigenvalue weighted by Crippen LogP contribution is 2.60. The molecule has 0 radical (unpaired) electrons. The minimum absolute atomic E-state index is 0.0153. The quantitative estimate of drug-likeness (QED) is 0.256. The Kier molecular flexibility index (Phi) is 8.28. The first-order valence-corrected chi connectivity index (χ1v) is 18.7. The first kappa shape index (κ1) is 31.0. The fraction of sp³-hybridized carbons (Fsp3) is 0.361. The molecule has 9 heteroatoms. The van der Waals surface area contributed by atoms with Crippen molar-refractivity contribution in [2.24, 2.45) is 11.0 Å². The van der Waals surface area contributed by atoms with E-state index in [9.17, 15) is 14.7 Å². The molecule has 0 aliphatic carbocycles. The fourth-order valence-corrected chi connectivity index (χ4v) is 11.8. The summed E-state index contributed by atoms with van der Waals surface area (Å²) >= 11 is 0. The van der Waals surface area contributed by atoms with E-state index in [2.05, 4.69) is 38.7 Å². The lowest BCUT2D eigenvalue weighted by molar-refractivity contribution is -0.146. The second kappa shape index (κ2) is 12.0. The van der Waals surface area contributed by atoms with Crippen molar-refractivity contribution in [2.45, 2.75) is 56.5 Å². The van der Waals surface area contributed by atoms with Gasteiger partial charge < -0.3 is 19.5 Å². The zero-order chi connectivity index (χ0) is 31.9. The van der Waals surface area contributed by atoms with Crippen LogP contribution in [0.5, 0.6) is 5.75 Å². The molecule has 0 aromatic heterocycles. The number of ether oxygens (including phenoxy) is 2. The number of anilines is 2. The van der Waals surface area contributed by atoms with E-state index in [0.717, 1.165) is 28.3 Å². The molecule has 6 rings (SSSR count). The third-order valence-corrected chi connectivity index (χ3v) is 14.3. The number of methoxy groups -OCH3 is 1. The van der Waals surface area contributed by atoms with Crippen molar-refractivity contribution in [3.63, 3.8) is 0 Å². The van der Waals surface area contributed by atoms with Crippen LogP contribution in [-0.4, -0.2) is 57.1 Å². The molecule has 45 heavy (non-hydrogen) atoms. The Hall–Kier alpha value is -4.05. The summed E-state index contributed by atoms with van der Waals surface area (Å²) in [5, 5.41) is 17.7. The van der Waals surface area contributed by atoms with Crippen molar-refractivity contribution in [3.05, 3.63) is 96.6 Å². The van der Waals surface area contributed by atoms with Crippen LogP contribution < -0.4 is 19.8 Å². The summed E-state index contributed by atoms with van der Waals surface area (Å²) in [5.74, 6) is 0.348. The monoisotopic (exact) mass is 623 g/mol. The molecule has 0 unspecified atom stereocenters. The lowest BCUT2D eigenvalue weighted by Gasteiger charge is -2.37. The molecular formula is C36H41N3O5Si. The summed E-state index contributed by atoms with van der Waals surface area (Å²) in [6.45, 7) is 10.9. The zero-order valence-corrected chi connectivity index (χ0v) is 27.4. The van der Waals surface area contributed by atoms with Crippen LogP contribution in [0.15, 0.2) is 90.6 Å². The Balaban J connectivity index is 1.47. The normalized spacial score (nSPS) is 24.6. The first-order chi connectivity index (χ1) is 21.7. The SMILES string of the molecule is C=CCN1C(=O)[C@]2(O[C@H](CCO)[C@@H]([Si](C)(C)c3ccc(OC)cc3)[C@@H]2C)c2cc(N3N=C(c4ccccc4)CCC3=O)ccc21. The predicted octanol–water partition coefficient (Wildman–Crippen LogP) is 5.36. The Labute approximate surface area is 266 Å². The van der Waals surface area contributed by atoms with Gasteiger partial charge in [0.1, 0.15) is 5.75 Å². The lowest BCUT2D eigenvalue weighted by atomic mass is 9.82. The van der Waals surface area contributed by atoms with Crippen molar-refractivity contribution in [1.82, 2.24) is 0 Å². The first-order valence-electron chi connectivity index (χ1n) is 15.6. The van der Waals surface area contributed by atoms with E-state index in [1.165, 1.54) is 10.2 Å². The number of carbonyl (C=O) groups is 2. The number of benzene rings is 3. The van der Waals surface area contributed by atoms with Crippen molar-refractivity contribution >= 4 is 42.2 Å². The van der Waals surface area contributed by atoms with Crippen LogP contribution in [0.1, 0.15) is 37.3 Å². The van der Waals surface area contributed by atoms with Crippen LogP contribution in [0.4, 0.5) is 11.4 Å². The molecule has 3 heterocycles. The van der Waals surface area contributed by atoms with Crippen molar-refractivity contribution < 1.29 is 24.2 Å². The molecule has 3 aliphatic heterocycles. The molecule has 3 aromatic carbocycles. The van der Waals surface area contributed by atoms with Gasteiger partial charge in [0.15, 0.2) is 5.60 Å². The fourth-order valence-electron chi connectivity index (χ4n) is 7.73. The van der Waals surface area contributed by atoms with Crippen molar-refractivity contribution in [3.8, 4) is 5.75 Å². The van der Waals surface area contributed by atoms with E-state index in [4.69, 9.17) is 14.6 Å². The van der Waals surface area contributed by atoms with Gasteiger partial charge in [-0.2, -0.15) is 5.10 Å². The van der Waals surface area contributed by atoms with Crippen LogP contribution in [-0.2, 0) is 19.9 Å². The van der Waals surface area contributed by atoms with Crippen LogP contribution in [0, 0.1) is 5.92 Å². The Bertz CT molecular complexity index is 1640. The molecule has 1 fully saturated rings. The molecular weight excluding hydrogens is 582 g/mol. The molecule has 1 N–H and O–H groups in total. The molecule has 234 valence electrons. The molecule has 3 aromatic rings. The van der Waals surface area contributed by atoms with Gasteiger partial charge in [0.25, 0.3) is 5.91 Å². The summed E-state index contributed by atoms with van der Waals surface area (Å²) in [5.41, 5.74) is 2.65. The van der Waals surface area contributed by atoms with Crippen molar-refractivity contribution in [2.75, 3.05) is 30.2 Å². The van der Waals surface area contributed by atoms with Crippen LogP contribution in [0.3, 0.4) is 0 Å². The van der Waals surface area contributed by atoms with Gasteiger partial charge in [-0.25, -0.2) is 5.01 Å². The summed E-state index contributed by atoms with van der Waals surface area (Å²) in [6.07, 6.45) is 2.71. The molecule has 1 saturated heterocycles. The smallest absolute Gasteiger partial charge is 0.264 e. The van der Waals surface area contributed by atoms with Gasteiger partial charge in [-0.3, -0.25) is 9.59 Å². The number of rotatable bonds is 9. The highest BCUT2D eigenvalue weighted by atomic mass is 28.3. The summed E-state index contributed by atoms with van der Waals surface area (Å²) in [4.78, 5) is 29.6. The third kappa shape index (κ3) is 5.03. The number of aliphatic hydroxyl groups excluding tert-OH is 1. The maximum atomic E-state index is 14.6. The predicted molar refractivity (Wildman–Crippen MR) is 180 cm³/mol. The van der Waals surface area contributed by atoms with E-state index in [-0.39, 0.29) is 36.0 Å². The minimum atomic E-state index is -2.30. The lowest BCUT2D eigenvalue weighted by Crippen LogP contribution is -2.51. The largest absolute Gasteiger partial charge is 0.497 e. The maximum Gasteiger partial charge on any atom is 0.264 e. The number of carbonyl (C=O) groups excluding carboxylic acids is 2. The molecule has 0 saturated carbocycles. The van der Waals surface area contributed by atoms with Gasteiger partial charge in [-0.1, -0.05) is 73.7 Å². The highest BCUT2D eigenvalue weighted by molar-refractivity contribution is 6.91. The maximum absolute atomic E-state index is 14.6. The molecule has 8 nitrogen and oxygen atoms in total. The van der Waals surface area contributed by atoms with Crippen LogP contribution in [0.2, 0.25) is 18.6 Å². The summed E-state index contributed by atoms with van der Waals surface area (Å²) < 4.78 is 12.4. The van der Waals surface area contributed by atoms with Gasteiger partial charge in [-0.05, 0) is 47.9 Å². The van der Waals surface area contributed by atoms with Gasteiger partial charge in [-0.15, -0.1) is 6.58 Å². The number of amides is 2. The second-order valence-electron chi connectivity index (χ2n) is 12.7. The summed E-state index contributed by atoms with van der Waals surface area (Å²) in [7, 11) is -0.647. The molecule has 0 bridgehead atoms. The topological polar surface area (TPSA) is 91.7 Å². The number of nitrogens with zero attached hydrogens (tertiary/aromatic N) is 3. The van der Waals surface area contributed by atoms with E-state index >= 15 is 0 Å². The minimum Gasteiger partial charge on any atom is -0.497 e. The summed E-state index contributed by atoms with van der Waals surface area (Å²) in [6, 6.07) is 23.8.